The minimum Gasteiger partial charge on any atom is -0.494 e. The molecule has 2 aromatic carbocycles. The summed E-state index contributed by atoms with van der Waals surface area (Å²) in [5.41, 5.74) is 8.58. The Hall–Kier alpha value is -2.00. The van der Waals surface area contributed by atoms with Gasteiger partial charge in [-0.25, -0.2) is 0 Å². The fourth-order valence-electron chi connectivity index (χ4n) is 2.30. The van der Waals surface area contributed by atoms with Crippen LogP contribution in [-0.4, -0.2) is 13.2 Å². The average molecular weight is 285 g/mol. The van der Waals surface area contributed by atoms with Crippen molar-refractivity contribution >= 4 is 0 Å². The Labute approximate surface area is 126 Å². The van der Waals surface area contributed by atoms with Crippen LogP contribution in [0.4, 0.5) is 0 Å². The third-order valence-electron chi connectivity index (χ3n) is 3.26. The molecule has 21 heavy (non-hydrogen) atoms. The van der Waals surface area contributed by atoms with Crippen LogP contribution in [0.1, 0.15) is 31.0 Å². The Kier molecular flexibility index (Phi) is 5.64. The number of hydrogen-bond donors (Lipinski definition) is 1. The SMILES string of the molecule is CCOc1cccc(CC(N)c2cccc(OCC)c2)c1. The summed E-state index contributed by atoms with van der Waals surface area (Å²) in [5.74, 6) is 1.76. The van der Waals surface area contributed by atoms with Crippen LogP contribution < -0.4 is 15.2 Å². The molecule has 0 aliphatic rings. The van der Waals surface area contributed by atoms with Gasteiger partial charge in [0.05, 0.1) is 13.2 Å². The van der Waals surface area contributed by atoms with Gasteiger partial charge in [0.25, 0.3) is 0 Å². The van der Waals surface area contributed by atoms with Gasteiger partial charge in [0.15, 0.2) is 0 Å². The average Bonchev–Trinajstić information content (AvgIpc) is 2.48. The molecule has 0 heterocycles. The zero-order valence-corrected chi connectivity index (χ0v) is 12.7. The Bertz CT molecular complexity index is 569. The smallest absolute Gasteiger partial charge is 0.119 e. The van der Waals surface area contributed by atoms with Gasteiger partial charge in [0.1, 0.15) is 11.5 Å². The second kappa shape index (κ2) is 7.70. The zero-order valence-electron chi connectivity index (χ0n) is 12.7. The van der Waals surface area contributed by atoms with Gasteiger partial charge in [-0.3, -0.25) is 0 Å². The van der Waals surface area contributed by atoms with Gasteiger partial charge in [-0.05, 0) is 55.7 Å². The molecule has 0 saturated heterocycles. The molecule has 2 aromatic rings. The molecule has 1 atom stereocenters. The van der Waals surface area contributed by atoms with E-state index < -0.39 is 0 Å². The Morgan fingerprint density at radius 3 is 2.19 bits per heavy atom. The monoisotopic (exact) mass is 285 g/mol. The summed E-state index contributed by atoms with van der Waals surface area (Å²) in [6.07, 6.45) is 0.774. The van der Waals surface area contributed by atoms with Gasteiger partial charge in [-0.1, -0.05) is 24.3 Å². The molecule has 3 nitrogen and oxygen atoms in total. The first-order chi connectivity index (χ1) is 10.2. The van der Waals surface area contributed by atoms with Gasteiger partial charge < -0.3 is 15.2 Å². The number of benzene rings is 2. The zero-order chi connectivity index (χ0) is 15.1. The topological polar surface area (TPSA) is 44.5 Å². The summed E-state index contributed by atoms with van der Waals surface area (Å²) < 4.78 is 11.0. The highest BCUT2D eigenvalue weighted by molar-refractivity contribution is 5.33. The summed E-state index contributed by atoms with van der Waals surface area (Å²) in [6.45, 7) is 5.30. The number of nitrogens with two attached hydrogens (primary N) is 1. The van der Waals surface area contributed by atoms with Crippen LogP contribution in [0.3, 0.4) is 0 Å². The number of ether oxygens (including phenoxy) is 2. The van der Waals surface area contributed by atoms with Crippen molar-refractivity contribution in [2.75, 3.05) is 13.2 Å². The van der Waals surface area contributed by atoms with Gasteiger partial charge in [-0.15, -0.1) is 0 Å². The molecular formula is C18H23NO2. The second-order valence-electron chi connectivity index (χ2n) is 4.90. The maximum absolute atomic E-state index is 6.32. The van der Waals surface area contributed by atoms with E-state index in [1.807, 2.05) is 50.2 Å². The molecule has 1 unspecified atom stereocenters. The van der Waals surface area contributed by atoms with Crippen molar-refractivity contribution in [2.45, 2.75) is 26.3 Å². The molecular weight excluding hydrogens is 262 g/mol. The third-order valence-corrected chi connectivity index (χ3v) is 3.26. The van der Waals surface area contributed by atoms with E-state index >= 15 is 0 Å². The van der Waals surface area contributed by atoms with E-state index in [9.17, 15) is 0 Å². The predicted molar refractivity (Wildman–Crippen MR) is 85.9 cm³/mol. The first-order valence-electron chi connectivity index (χ1n) is 7.43. The van der Waals surface area contributed by atoms with Crippen molar-refractivity contribution < 1.29 is 9.47 Å². The quantitative estimate of drug-likeness (QED) is 0.843. The van der Waals surface area contributed by atoms with Crippen LogP contribution >= 0.6 is 0 Å². The first kappa shape index (κ1) is 15.4. The van der Waals surface area contributed by atoms with Gasteiger partial charge in [0.2, 0.25) is 0 Å². The first-order valence-corrected chi connectivity index (χ1v) is 7.43. The largest absolute Gasteiger partial charge is 0.494 e. The lowest BCUT2D eigenvalue weighted by Crippen LogP contribution is -2.13. The van der Waals surface area contributed by atoms with E-state index in [4.69, 9.17) is 15.2 Å². The van der Waals surface area contributed by atoms with Crippen LogP contribution in [0.15, 0.2) is 48.5 Å². The normalized spacial score (nSPS) is 12.0. The molecule has 0 amide bonds. The molecule has 0 aromatic heterocycles. The molecule has 0 aliphatic heterocycles. The van der Waals surface area contributed by atoms with Crippen molar-refractivity contribution in [2.24, 2.45) is 5.73 Å². The van der Waals surface area contributed by atoms with Gasteiger partial charge in [-0.2, -0.15) is 0 Å². The highest BCUT2D eigenvalue weighted by Crippen LogP contribution is 2.22. The van der Waals surface area contributed by atoms with Crippen molar-refractivity contribution in [3.05, 3.63) is 59.7 Å². The molecule has 0 bridgehead atoms. The van der Waals surface area contributed by atoms with E-state index in [0.717, 1.165) is 23.5 Å². The van der Waals surface area contributed by atoms with E-state index in [1.54, 1.807) is 0 Å². The summed E-state index contributed by atoms with van der Waals surface area (Å²) >= 11 is 0. The lowest BCUT2D eigenvalue weighted by atomic mass is 9.99. The molecule has 0 aliphatic carbocycles. The van der Waals surface area contributed by atoms with Crippen molar-refractivity contribution in [1.29, 1.82) is 0 Å². The van der Waals surface area contributed by atoms with Crippen LogP contribution in [0.2, 0.25) is 0 Å². The standard InChI is InChI=1S/C18H23NO2/c1-3-20-16-9-5-7-14(11-16)12-18(19)15-8-6-10-17(13-15)21-4-2/h5-11,13,18H,3-4,12,19H2,1-2H3. The summed E-state index contributed by atoms with van der Waals surface area (Å²) in [4.78, 5) is 0. The number of rotatable bonds is 7. The molecule has 2 N–H and O–H groups in total. The van der Waals surface area contributed by atoms with E-state index in [2.05, 4.69) is 12.1 Å². The molecule has 0 spiro atoms. The highest BCUT2D eigenvalue weighted by Gasteiger charge is 2.09. The maximum Gasteiger partial charge on any atom is 0.119 e. The summed E-state index contributed by atoms with van der Waals surface area (Å²) in [7, 11) is 0. The minimum atomic E-state index is -0.0534. The van der Waals surface area contributed by atoms with E-state index in [1.165, 1.54) is 5.56 Å². The fraction of sp³-hybridized carbons (Fsp3) is 0.333. The molecule has 112 valence electrons. The Morgan fingerprint density at radius 2 is 1.52 bits per heavy atom. The van der Waals surface area contributed by atoms with Crippen molar-refractivity contribution in [3.63, 3.8) is 0 Å². The van der Waals surface area contributed by atoms with Crippen LogP contribution in [0.5, 0.6) is 11.5 Å². The molecule has 3 heteroatoms. The van der Waals surface area contributed by atoms with Crippen LogP contribution in [-0.2, 0) is 6.42 Å². The van der Waals surface area contributed by atoms with Crippen molar-refractivity contribution in [1.82, 2.24) is 0 Å². The maximum atomic E-state index is 6.32. The Morgan fingerprint density at radius 1 is 0.905 bits per heavy atom. The number of hydrogen-bond acceptors (Lipinski definition) is 3. The van der Waals surface area contributed by atoms with E-state index in [0.29, 0.717) is 13.2 Å². The van der Waals surface area contributed by atoms with Crippen LogP contribution in [0, 0.1) is 0 Å². The predicted octanol–water partition coefficient (Wildman–Crippen LogP) is 3.73. The Balaban J connectivity index is 2.08. The molecule has 0 fully saturated rings. The third kappa shape index (κ3) is 4.50. The molecule has 0 radical (unpaired) electrons. The second-order valence-corrected chi connectivity index (χ2v) is 4.90. The minimum absolute atomic E-state index is 0.0534. The van der Waals surface area contributed by atoms with Gasteiger partial charge >= 0.3 is 0 Å². The fourth-order valence-corrected chi connectivity index (χ4v) is 2.30. The summed E-state index contributed by atoms with van der Waals surface area (Å²) in [6, 6.07) is 16.0. The molecule has 0 saturated carbocycles. The van der Waals surface area contributed by atoms with Crippen molar-refractivity contribution in [3.8, 4) is 11.5 Å². The molecule has 2 rings (SSSR count). The lowest BCUT2D eigenvalue weighted by molar-refractivity contribution is 0.339. The van der Waals surface area contributed by atoms with E-state index in [-0.39, 0.29) is 6.04 Å². The lowest BCUT2D eigenvalue weighted by Gasteiger charge is -2.14. The summed E-state index contributed by atoms with van der Waals surface area (Å²) in [5, 5.41) is 0. The van der Waals surface area contributed by atoms with Crippen LogP contribution in [0.25, 0.3) is 0 Å². The highest BCUT2D eigenvalue weighted by atomic mass is 16.5. The van der Waals surface area contributed by atoms with Gasteiger partial charge in [0, 0.05) is 6.04 Å².